The molecule has 0 aromatic carbocycles. The second-order valence-corrected chi connectivity index (χ2v) is 5.90. The van der Waals surface area contributed by atoms with Gasteiger partial charge in [0, 0.05) is 18.7 Å². The molecule has 3 N–H and O–H groups in total. The zero-order chi connectivity index (χ0) is 14.3. The first kappa shape index (κ1) is 16.6. The van der Waals surface area contributed by atoms with Crippen LogP contribution in [-0.2, 0) is 14.3 Å². The summed E-state index contributed by atoms with van der Waals surface area (Å²) in [5.41, 5.74) is 0. The first-order chi connectivity index (χ1) is 9.04. The number of carbonyl (C=O) groups excluding carboxylic acids is 1. The fraction of sp³-hybridized carbons (Fsp3) is 0.818. The molecule has 1 fully saturated rings. The SMILES string of the molecule is COC(=O)CCCSC(=S)NCC1OCC(O)C1O. The van der Waals surface area contributed by atoms with Gasteiger partial charge in [-0.15, -0.1) is 0 Å². The van der Waals surface area contributed by atoms with Gasteiger partial charge in [-0.1, -0.05) is 24.0 Å². The molecule has 0 aromatic rings. The average Bonchev–Trinajstić information content (AvgIpc) is 2.72. The van der Waals surface area contributed by atoms with Gasteiger partial charge >= 0.3 is 5.97 Å². The predicted molar refractivity (Wildman–Crippen MR) is 76.1 cm³/mol. The lowest BCUT2D eigenvalue weighted by molar-refractivity contribution is -0.140. The smallest absolute Gasteiger partial charge is 0.305 e. The number of rotatable bonds is 6. The number of thiocarbonyl (C=S) groups is 1. The molecule has 0 saturated carbocycles. The first-order valence-electron chi connectivity index (χ1n) is 5.99. The van der Waals surface area contributed by atoms with Crippen LogP contribution in [-0.4, -0.2) is 64.8 Å². The molecule has 0 radical (unpaired) electrons. The Kier molecular flexibility index (Phi) is 7.62. The van der Waals surface area contributed by atoms with Gasteiger partial charge in [0.05, 0.1) is 13.7 Å². The highest BCUT2D eigenvalue weighted by Crippen LogP contribution is 2.14. The van der Waals surface area contributed by atoms with Crippen molar-refractivity contribution in [1.29, 1.82) is 0 Å². The number of hydrogen-bond acceptors (Lipinski definition) is 7. The number of esters is 1. The number of nitrogens with one attached hydrogen (secondary N) is 1. The fourth-order valence-corrected chi connectivity index (χ4v) is 2.56. The number of ether oxygens (including phenoxy) is 2. The summed E-state index contributed by atoms with van der Waals surface area (Å²) in [6, 6.07) is 0. The Morgan fingerprint density at radius 3 is 2.89 bits per heavy atom. The minimum absolute atomic E-state index is 0.145. The fourth-order valence-electron chi connectivity index (χ4n) is 1.57. The highest BCUT2D eigenvalue weighted by Gasteiger charge is 2.34. The third-order valence-corrected chi connectivity index (χ3v) is 4.09. The Morgan fingerprint density at radius 1 is 1.58 bits per heavy atom. The lowest BCUT2D eigenvalue weighted by Gasteiger charge is -2.16. The van der Waals surface area contributed by atoms with Crippen LogP contribution in [0.5, 0.6) is 0 Å². The van der Waals surface area contributed by atoms with Crippen molar-refractivity contribution in [3.63, 3.8) is 0 Å². The summed E-state index contributed by atoms with van der Waals surface area (Å²) in [6.07, 6.45) is -1.07. The third kappa shape index (κ3) is 6.05. The summed E-state index contributed by atoms with van der Waals surface area (Å²) in [4.78, 5) is 10.9. The van der Waals surface area contributed by atoms with Crippen LogP contribution in [0.2, 0.25) is 0 Å². The molecule has 0 bridgehead atoms. The van der Waals surface area contributed by atoms with Crippen LogP contribution in [0.15, 0.2) is 0 Å². The maximum Gasteiger partial charge on any atom is 0.305 e. The number of aliphatic hydroxyl groups is 2. The molecule has 1 saturated heterocycles. The molecular weight excluding hydrogens is 290 g/mol. The lowest BCUT2D eigenvalue weighted by Crippen LogP contribution is -2.38. The Balaban J connectivity index is 2.07. The van der Waals surface area contributed by atoms with Gasteiger partial charge in [0.15, 0.2) is 0 Å². The normalized spacial score (nSPS) is 26.2. The van der Waals surface area contributed by atoms with Crippen molar-refractivity contribution < 1.29 is 24.5 Å². The Morgan fingerprint density at radius 2 is 2.32 bits per heavy atom. The van der Waals surface area contributed by atoms with E-state index in [9.17, 15) is 15.0 Å². The van der Waals surface area contributed by atoms with Crippen LogP contribution in [0.4, 0.5) is 0 Å². The Hall–Kier alpha value is -0.410. The Bertz CT molecular complexity index is 315. The zero-order valence-corrected chi connectivity index (χ0v) is 12.3. The maximum absolute atomic E-state index is 10.9. The number of thioether (sulfide) groups is 1. The maximum atomic E-state index is 10.9. The number of carbonyl (C=O) groups is 1. The minimum Gasteiger partial charge on any atom is -0.469 e. The molecule has 19 heavy (non-hydrogen) atoms. The van der Waals surface area contributed by atoms with Gasteiger partial charge in [-0.05, 0) is 6.42 Å². The van der Waals surface area contributed by atoms with E-state index < -0.39 is 18.3 Å². The van der Waals surface area contributed by atoms with Gasteiger partial charge in [0.1, 0.15) is 22.6 Å². The second-order valence-electron chi connectivity index (χ2n) is 4.13. The van der Waals surface area contributed by atoms with Crippen molar-refractivity contribution in [2.45, 2.75) is 31.2 Å². The van der Waals surface area contributed by atoms with Gasteiger partial charge in [0.2, 0.25) is 0 Å². The molecule has 6 nitrogen and oxygen atoms in total. The molecule has 0 spiro atoms. The molecule has 1 aliphatic heterocycles. The summed E-state index contributed by atoms with van der Waals surface area (Å²) in [7, 11) is 1.36. The van der Waals surface area contributed by atoms with E-state index in [1.807, 2.05) is 0 Å². The predicted octanol–water partition coefficient (Wildman–Crippen LogP) is -0.332. The van der Waals surface area contributed by atoms with Crippen molar-refractivity contribution >= 4 is 34.3 Å². The zero-order valence-electron chi connectivity index (χ0n) is 10.7. The van der Waals surface area contributed by atoms with Crippen LogP contribution >= 0.6 is 24.0 Å². The van der Waals surface area contributed by atoms with Gasteiger partial charge in [-0.2, -0.15) is 0 Å². The molecule has 8 heteroatoms. The summed E-state index contributed by atoms with van der Waals surface area (Å²) in [5.74, 6) is 0.494. The van der Waals surface area contributed by atoms with Crippen molar-refractivity contribution in [3.05, 3.63) is 0 Å². The van der Waals surface area contributed by atoms with Crippen molar-refractivity contribution in [2.75, 3.05) is 26.0 Å². The van der Waals surface area contributed by atoms with E-state index in [1.165, 1.54) is 18.9 Å². The molecule has 110 valence electrons. The standard InChI is InChI=1S/C11H19NO5S2/c1-16-9(14)3-2-4-19-11(18)12-5-8-10(15)7(13)6-17-8/h7-8,10,13,15H,2-6H2,1H3,(H,12,18). The average molecular weight is 309 g/mol. The van der Waals surface area contributed by atoms with Crippen LogP contribution in [0.1, 0.15) is 12.8 Å². The quantitative estimate of drug-likeness (QED) is 0.349. The molecule has 0 aliphatic carbocycles. The molecule has 3 unspecified atom stereocenters. The summed E-state index contributed by atoms with van der Waals surface area (Å²) >= 11 is 6.53. The Labute approximate surface area is 121 Å². The van der Waals surface area contributed by atoms with Gasteiger partial charge < -0.3 is 25.0 Å². The van der Waals surface area contributed by atoms with Crippen LogP contribution in [0, 0.1) is 0 Å². The van der Waals surface area contributed by atoms with Crippen LogP contribution in [0.25, 0.3) is 0 Å². The highest BCUT2D eigenvalue weighted by molar-refractivity contribution is 8.22. The monoisotopic (exact) mass is 309 g/mol. The van der Waals surface area contributed by atoms with Gasteiger partial charge in [-0.3, -0.25) is 4.79 Å². The van der Waals surface area contributed by atoms with Crippen molar-refractivity contribution in [1.82, 2.24) is 5.32 Å². The lowest BCUT2D eigenvalue weighted by atomic mass is 10.1. The molecule has 0 amide bonds. The number of methoxy groups -OCH3 is 1. The van der Waals surface area contributed by atoms with Gasteiger partial charge in [-0.25, -0.2) is 0 Å². The minimum atomic E-state index is -0.875. The third-order valence-electron chi connectivity index (χ3n) is 2.69. The van der Waals surface area contributed by atoms with E-state index in [0.717, 1.165) is 5.75 Å². The van der Waals surface area contributed by atoms with E-state index in [2.05, 4.69) is 10.1 Å². The highest BCUT2D eigenvalue weighted by atomic mass is 32.2. The molecule has 0 aromatic heterocycles. The van der Waals surface area contributed by atoms with E-state index in [4.69, 9.17) is 17.0 Å². The van der Waals surface area contributed by atoms with Crippen LogP contribution in [0.3, 0.4) is 0 Å². The van der Waals surface area contributed by atoms with E-state index in [-0.39, 0.29) is 12.6 Å². The van der Waals surface area contributed by atoms with Crippen LogP contribution < -0.4 is 5.32 Å². The summed E-state index contributed by atoms with van der Waals surface area (Å²) < 4.78 is 10.3. The van der Waals surface area contributed by atoms with E-state index in [0.29, 0.717) is 23.7 Å². The molecule has 1 aliphatic rings. The summed E-state index contributed by atoms with van der Waals surface area (Å²) in [6.45, 7) is 0.508. The van der Waals surface area contributed by atoms with Crippen molar-refractivity contribution in [3.8, 4) is 0 Å². The second kappa shape index (κ2) is 8.70. The van der Waals surface area contributed by atoms with Crippen molar-refractivity contribution in [2.24, 2.45) is 0 Å². The molecule has 3 atom stereocenters. The first-order valence-corrected chi connectivity index (χ1v) is 7.39. The molecular formula is C11H19NO5S2. The largest absolute Gasteiger partial charge is 0.469 e. The number of aliphatic hydroxyl groups excluding tert-OH is 2. The topological polar surface area (TPSA) is 88.0 Å². The van der Waals surface area contributed by atoms with E-state index >= 15 is 0 Å². The number of hydrogen-bond donors (Lipinski definition) is 3. The molecule has 1 heterocycles. The molecule has 1 rings (SSSR count). The van der Waals surface area contributed by atoms with Gasteiger partial charge in [0.25, 0.3) is 0 Å². The van der Waals surface area contributed by atoms with E-state index in [1.54, 1.807) is 0 Å². The summed E-state index contributed by atoms with van der Waals surface area (Å²) in [5, 5.41) is 21.8.